The van der Waals surface area contributed by atoms with Crippen LogP contribution in [0.1, 0.15) is 70.8 Å². The summed E-state index contributed by atoms with van der Waals surface area (Å²) in [5.41, 5.74) is 2.44. The number of amides is 1. The molecule has 1 amide bonds. The highest BCUT2D eigenvalue weighted by Crippen LogP contribution is 2.43. The fourth-order valence-electron chi connectivity index (χ4n) is 4.36. The first-order valence-corrected chi connectivity index (χ1v) is 13.5. The first kappa shape index (κ1) is 23.1. The topological polar surface area (TPSA) is 86.1 Å². The molecule has 9 heteroatoms. The van der Waals surface area contributed by atoms with E-state index in [1.165, 1.54) is 28.0 Å². The lowest BCUT2D eigenvalue weighted by Crippen LogP contribution is -2.21. The van der Waals surface area contributed by atoms with Crippen LogP contribution in [0.2, 0.25) is 0 Å². The Bertz CT molecular complexity index is 1190. The molecule has 1 fully saturated rings. The first-order chi connectivity index (χ1) is 16.5. The number of thiophene rings is 1. The lowest BCUT2D eigenvalue weighted by atomic mass is 9.88. The van der Waals surface area contributed by atoms with Crippen molar-refractivity contribution < 1.29 is 14.3 Å². The number of hydrogen-bond acceptors (Lipinski definition) is 7. The number of carbonyl (C=O) groups is 2. The van der Waals surface area contributed by atoms with Crippen molar-refractivity contribution in [3.8, 4) is 0 Å². The van der Waals surface area contributed by atoms with E-state index in [4.69, 9.17) is 4.74 Å². The number of thioether (sulfide) groups is 1. The molecule has 2 aliphatic rings. The molecule has 1 saturated carbocycles. The molecule has 5 rings (SSSR count). The third-order valence-electron chi connectivity index (χ3n) is 6.27. The number of ether oxygens (including phenoxy) is 1. The minimum Gasteiger partial charge on any atom is -0.462 e. The van der Waals surface area contributed by atoms with Gasteiger partial charge in [-0.05, 0) is 56.1 Å². The van der Waals surface area contributed by atoms with Crippen LogP contribution in [0, 0.1) is 5.92 Å². The zero-order valence-electron chi connectivity index (χ0n) is 19.3. The number of rotatable bonds is 8. The fourth-order valence-corrected chi connectivity index (χ4v) is 6.85. The van der Waals surface area contributed by atoms with Crippen molar-refractivity contribution in [3.05, 3.63) is 58.2 Å². The van der Waals surface area contributed by atoms with Gasteiger partial charge in [-0.3, -0.25) is 4.79 Å². The summed E-state index contributed by atoms with van der Waals surface area (Å²) in [6.07, 6.45) is 6.74. The zero-order valence-corrected chi connectivity index (χ0v) is 21.0. The van der Waals surface area contributed by atoms with Gasteiger partial charge in [0.25, 0.3) is 0 Å². The van der Waals surface area contributed by atoms with Gasteiger partial charge in [-0.2, -0.15) is 0 Å². The number of esters is 1. The molecule has 2 aliphatic carbocycles. The Kier molecular flexibility index (Phi) is 6.74. The van der Waals surface area contributed by atoms with Gasteiger partial charge in [-0.15, -0.1) is 21.5 Å². The van der Waals surface area contributed by atoms with Crippen molar-refractivity contribution in [3.63, 3.8) is 0 Å². The van der Waals surface area contributed by atoms with Crippen molar-refractivity contribution in [2.75, 3.05) is 11.9 Å². The van der Waals surface area contributed by atoms with Crippen LogP contribution in [0.3, 0.4) is 0 Å². The molecule has 0 radical (unpaired) electrons. The largest absolute Gasteiger partial charge is 0.462 e. The summed E-state index contributed by atoms with van der Waals surface area (Å²) in [4.78, 5) is 27.8. The fraction of sp³-hybridized carbons (Fsp3) is 0.440. The Labute approximate surface area is 207 Å². The van der Waals surface area contributed by atoms with E-state index < -0.39 is 5.25 Å². The smallest absolute Gasteiger partial charge is 0.341 e. The third kappa shape index (κ3) is 4.77. The molecule has 3 aromatic rings. The number of hydrogen-bond donors (Lipinski definition) is 1. The molecule has 2 heterocycles. The van der Waals surface area contributed by atoms with Crippen LogP contribution in [-0.4, -0.2) is 33.2 Å². The van der Waals surface area contributed by atoms with Gasteiger partial charge in [0.05, 0.1) is 12.2 Å². The van der Waals surface area contributed by atoms with Gasteiger partial charge < -0.3 is 14.6 Å². The highest BCUT2D eigenvalue weighted by atomic mass is 32.2. The molecule has 2 unspecified atom stereocenters. The number of benzene rings is 1. The molecule has 178 valence electrons. The predicted molar refractivity (Wildman–Crippen MR) is 133 cm³/mol. The highest BCUT2D eigenvalue weighted by Gasteiger charge is 2.33. The molecule has 0 aliphatic heterocycles. The van der Waals surface area contributed by atoms with Crippen LogP contribution < -0.4 is 5.32 Å². The molecule has 0 bridgehead atoms. The van der Waals surface area contributed by atoms with E-state index in [1.807, 2.05) is 30.3 Å². The number of nitrogens with one attached hydrogen (secondary N) is 1. The summed E-state index contributed by atoms with van der Waals surface area (Å²) in [7, 11) is 0. The molecule has 0 saturated heterocycles. The van der Waals surface area contributed by atoms with E-state index >= 15 is 0 Å². The lowest BCUT2D eigenvalue weighted by molar-refractivity contribution is -0.115. The molecule has 0 spiro atoms. The SMILES string of the molecule is CCOC(=O)c1c(NC(=O)C(Sc2nncn2C2CC2)c2ccccc2)sc2c1CCC(C)C2. The number of nitrogens with zero attached hydrogens (tertiary/aromatic N) is 3. The van der Waals surface area contributed by atoms with Crippen LogP contribution in [0.15, 0.2) is 41.8 Å². The monoisotopic (exact) mass is 496 g/mol. The Morgan fingerprint density at radius 3 is 2.79 bits per heavy atom. The van der Waals surface area contributed by atoms with Gasteiger partial charge >= 0.3 is 5.97 Å². The summed E-state index contributed by atoms with van der Waals surface area (Å²) < 4.78 is 7.43. The van der Waals surface area contributed by atoms with Gasteiger partial charge in [-0.25, -0.2) is 4.79 Å². The molecule has 7 nitrogen and oxygen atoms in total. The van der Waals surface area contributed by atoms with Crippen LogP contribution in [0.25, 0.3) is 0 Å². The van der Waals surface area contributed by atoms with Crippen LogP contribution >= 0.6 is 23.1 Å². The van der Waals surface area contributed by atoms with E-state index in [1.54, 1.807) is 13.3 Å². The Hall–Kier alpha value is -2.65. The number of aromatic nitrogens is 3. The molecule has 34 heavy (non-hydrogen) atoms. The van der Waals surface area contributed by atoms with E-state index in [0.29, 0.717) is 29.1 Å². The molecular formula is C25H28N4O3S2. The maximum atomic E-state index is 13.7. The van der Waals surface area contributed by atoms with Gasteiger partial charge in [-0.1, -0.05) is 49.0 Å². The van der Waals surface area contributed by atoms with Crippen LogP contribution in [-0.2, 0) is 22.4 Å². The van der Waals surface area contributed by atoms with Crippen molar-refractivity contribution in [2.45, 2.75) is 62.4 Å². The summed E-state index contributed by atoms with van der Waals surface area (Å²) >= 11 is 2.91. The summed E-state index contributed by atoms with van der Waals surface area (Å²) in [6.45, 7) is 4.32. The minimum absolute atomic E-state index is 0.182. The second-order valence-electron chi connectivity index (χ2n) is 8.93. The van der Waals surface area contributed by atoms with E-state index in [0.717, 1.165) is 48.4 Å². The normalized spacial score (nSPS) is 18.2. The Morgan fingerprint density at radius 2 is 2.06 bits per heavy atom. The molecule has 1 N–H and O–H groups in total. The van der Waals surface area contributed by atoms with Gasteiger partial charge in [0.1, 0.15) is 16.6 Å². The van der Waals surface area contributed by atoms with Crippen molar-refractivity contribution in [1.29, 1.82) is 0 Å². The quantitative estimate of drug-likeness (QED) is 0.330. The van der Waals surface area contributed by atoms with Gasteiger partial charge in [0, 0.05) is 10.9 Å². The van der Waals surface area contributed by atoms with E-state index in [9.17, 15) is 9.59 Å². The maximum Gasteiger partial charge on any atom is 0.341 e. The number of fused-ring (bicyclic) bond motifs is 1. The van der Waals surface area contributed by atoms with Crippen molar-refractivity contribution in [1.82, 2.24) is 14.8 Å². The minimum atomic E-state index is -0.531. The Morgan fingerprint density at radius 1 is 1.26 bits per heavy atom. The molecular weight excluding hydrogens is 468 g/mol. The lowest BCUT2D eigenvalue weighted by Gasteiger charge is -2.18. The molecule has 2 atom stereocenters. The van der Waals surface area contributed by atoms with Crippen molar-refractivity contribution in [2.24, 2.45) is 5.92 Å². The third-order valence-corrected chi connectivity index (χ3v) is 8.67. The molecule has 1 aromatic carbocycles. The summed E-state index contributed by atoms with van der Waals surface area (Å²) in [6, 6.07) is 10.1. The highest BCUT2D eigenvalue weighted by molar-refractivity contribution is 8.00. The number of anilines is 1. The maximum absolute atomic E-state index is 13.7. The average Bonchev–Trinajstić information content (AvgIpc) is 3.46. The molecule has 2 aromatic heterocycles. The second kappa shape index (κ2) is 9.92. The second-order valence-corrected chi connectivity index (χ2v) is 11.1. The summed E-state index contributed by atoms with van der Waals surface area (Å²) in [5, 5.41) is 12.3. The van der Waals surface area contributed by atoms with Gasteiger partial charge in [0.2, 0.25) is 5.91 Å². The first-order valence-electron chi connectivity index (χ1n) is 11.8. The number of carbonyl (C=O) groups excluding carboxylic acids is 2. The van der Waals surface area contributed by atoms with Gasteiger partial charge in [0.15, 0.2) is 5.16 Å². The van der Waals surface area contributed by atoms with E-state index in [2.05, 4.69) is 27.0 Å². The predicted octanol–water partition coefficient (Wildman–Crippen LogP) is 5.45. The van der Waals surface area contributed by atoms with Crippen molar-refractivity contribution >= 4 is 40.0 Å². The zero-order chi connectivity index (χ0) is 23.7. The van der Waals surface area contributed by atoms with Crippen LogP contribution in [0.4, 0.5) is 5.00 Å². The Balaban J connectivity index is 1.46. The van der Waals surface area contributed by atoms with Crippen LogP contribution in [0.5, 0.6) is 0 Å². The summed E-state index contributed by atoms with van der Waals surface area (Å²) in [5.74, 6) is 0.0205. The standard InChI is InChI=1S/C25H28N4O3S2/c1-3-32-24(31)20-18-12-9-15(2)13-19(18)33-23(20)27-22(30)21(16-7-5-4-6-8-16)34-25-28-26-14-29(25)17-10-11-17/h4-8,14-15,17,21H,3,9-13H2,1-2H3,(H,27,30). The average molecular weight is 497 g/mol. The van der Waals surface area contributed by atoms with E-state index in [-0.39, 0.29) is 11.9 Å².